The molecule has 0 aromatic carbocycles. The van der Waals surface area contributed by atoms with Crippen LogP contribution in [-0.2, 0) is 16.1 Å². The van der Waals surface area contributed by atoms with Crippen molar-refractivity contribution in [3.8, 4) is 0 Å². The lowest BCUT2D eigenvalue weighted by molar-refractivity contribution is -0.143. The number of thiazole rings is 1. The molecule has 0 radical (unpaired) electrons. The number of hydrogen-bond acceptors (Lipinski definition) is 5. The summed E-state index contributed by atoms with van der Waals surface area (Å²) in [5.41, 5.74) is 1.13. The zero-order chi connectivity index (χ0) is 15.7. The molecule has 0 amide bonds. The van der Waals surface area contributed by atoms with Crippen molar-refractivity contribution in [2.75, 3.05) is 32.8 Å². The van der Waals surface area contributed by atoms with Crippen LogP contribution in [0.4, 0.5) is 0 Å². The van der Waals surface area contributed by atoms with Crippen LogP contribution < -0.4 is 0 Å². The Morgan fingerprint density at radius 1 is 1.43 bits per heavy atom. The van der Waals surface area contributed by atoms with Crippen molar-refractivity contribution < 1.29 is 9.47 Å². The van der Waals surface area contributed by atoms with Crippen LogP contribution in [0.15, 0.2) is 5.38 Å². The highest BCUT2D eigenvalue weighted by Crippen LogP contribution is 2.42. The Labute approximate surface area is 143 Å². The SMILES string of the molecule is Cc1nc(COC[C@@H]2CCC[C@]23CN(CC2CC2)CCO3)cs1. The van der Waals surface area contributed by atoms with Crippen LogP contribution in [0.25, 0.3) is 0 Å². The average molecular weight is 337 g/mol. The Balaban J connectivity index is 1.31. The van der Waals surface area contributed by atoms with Gasteiger partial charge in [0.25, 0.3) is 0 Å². The second-order valence-electron chi connectivity index (χ2n) is 7.55. The van der Waals surface area contributed by atoms with E-state index in [0.29, 0.717) is 12.5 Å². The molecule has 2 atom stereocenters. The third-order valence-corrected chi connectivity index (χ3v) is 6.46. The molecule has 1 aromatic heterocycles. The summed E-state index contributed by atoms with van der Waals surface area (Å²) in [5.74, 6) is 1.51. The van der Waals surface area contributed by atoms with E-state index >= 15 is 0 Å². The second-order valence-corrected chi connectivity index (χ2v) is 8.62. The zero-order valence-corrected chi connectivity index (χ0v) is 14.9. The van der Waals surface area contributed by atoms with E-state index in [0.717, 1.165) is 42.9 Å². The monoisotopic (exact) mass is 336 g/mol. The van der Waals surface area contributed by atoms with E-state index in [4.69, 9.17) is 9.47 Å². The van der Waals surface area contributed by atoms with Gasteiger partial charge in [0.2, 0.25) is 0 Å². The third-order valence-electron chi connectivity index (χ3n) is 5.63. The first-order valence-electron chi connectivity index (χ1n) is 9.09. The Morgan fingerprint density at radius 3 is 3.13 bits per heavy atom. The standard InChI is InChI=1S/C18H28N2O2S/c1-14-19-17(12-23-14)11-21-10-16-3-2-6-18(16)13-20(7-8-22-18)9-15-4-5-15/h12,15-16H,2-11,13H2,1H3/t16-,18-/m0/s1. The van der Waals surface area contributed by atoms with Crippen LogP contribution in [0, 0.1) is 18.8 Å². The van der Waals surface area contributed by atoms with Gasteiger partial charge in [-0.3, -0.25) is 4.90 Å². The normalized spacial score (nSPS) is 32.0. The molecular weight excluding hydrogens is 308 g/mol. The van der Waals surface area contributed by atoms with Crippen molar-refractivity contribution in [2.45, 2.75) is 51.2 Å². The highest BCUT2D eigenvalue weighted by Gasteiger charge is 2.47. The third kappa shape index (κ3) is 3.78. The molecule has 128 valence electrons. The molecule has 4 nitrogen and oxygen atoms in total. The van der Waals surface area contributed by atoms with Gasteiger partial charge >= 0.3 is 0 Å². The van der Waals surface area contributed by atoms with Crippen LogP contribution in [0.1, 0.15) is 42.8 Å². The predicted molar refractivity (Wildman–Crippen MR) is 91.7 cm³/mol. The van der Waals surface area contributed by atoms with Crippen molar-refractivity contribution in [3.63, 3.8) is 0 Å². The number of hydrogen-bond donors (Lipinski definition) is 0. The summed E-state index contributed by atoms with van der Waals surface area (Å²) in [6, 6.07) is 0. The highest BCUT2D eigenvalue weighted by atomic mass is 32.1. The lowest BCUT2D eigenvalue weighted by atomic mass is 9.89. The molecule has 1 aliphatic heterocycles. The summed E-state index contributed by atoms with van der Waals surface area (Å²) in [6.45, 7) is 7.92. The molecule has 2 aliphatic carbocycles. The first-order chi connectivity index (χ1) is 11.2. The zero-order valence-electron chi connectivity index (χ0n) is 14.1. The van der Waals surface area contributed by atoms with Gasteiger partial charge in [0.15, 0.2) is 0 Å². The minimum atomic E-state index is 0.0606. The minimum Gasteiger partial charge on any atom is -0.375 e. The molecule has 3 aliphatic rings. The van der Waals surface area contributed by atoms with Gasteiger partial charge in [-0.05, 0) is 38.5 Å². The number of morpholine rings is 1. The van der Waals surface area contributed by atoms with E-state index in [1.165, 1.54) is 38.6 Å². The van der Waals surface area contributed by atoms with Gasteiger partial charge in [-0.25, -0.2) is 4.98 Å². The number of ether oxygens (including phenoxy) is 2. The molecule has 1 saturated heterocycles. The number of nitrogens with zero attached hydrogens (tertiary/aromatic N) is 2. The Kier molecular flexibility index (Phi) is 4.72. The van der Waals surface area contributed by atoms with E-state index < -0.39 is 0 Å². The van der Waals surface area contributed by atoms with Gasteiger partial charge in [0, 0.05) is 30.9 Å². The van der Waals surface area contributed by atoms with Crippen LogP contribution in [-0.4, -0.2) is 48.3 Å². The molecule has 1 aromatic rings. The number of aryl methyl sites for hydroxylation is 1. The number of rotatable bonds is 6. The molecule has 0 unspecified atom stereocenters. The average Bonchev–Trinajstić information content (AvgIpc) is 3.13. The molecule has 0 bridgehead atoms. The Bertz CT molecular complexity index is 531. The maximum atomic E-state index is 6.34. The summed E-state index contributed by atoms with van der Waals surface area (Å²) in [5, 5.41) is 3.22. The topological polar surface area (TPSA) is 34.6 Å². The van der Waals surface area contributed by atoms with Crippen LogP contribution >= 0.6 is 11.3 Å². The van der Waals surface area contributed by atoms with Crippen LogP contribution in [0.5, 0.6) is 0 Å². The first-order valence-corrected chi connectivity index (χ1v) is 9.96. The lowest BCUT2D eigenvalue weighted by Gasteiger charge is -2.44. The van der Waals surface area contributed by atoms with Gasteiger partial charge in [0.1, 0.15) is 0 Å². The maximum absolute atomic E-state index is 6.34. The van der Waals surface area contributed by atoms with Gasteiger partial charge in [-0.2, -0.15) is 0 Å². The fourth-order valence-corrected chi connectivity index (χ4v) is 4.83. The van der Waals surface area contributed by atoms with Gasteiger partial charge in [-0.1, -0.05) is 6.42 Å². The summed E-state index contributed by atoms with van der Waals surface area (Å²) >= 11 is 1.70. The smallest absolute Gasteiger partial charge is 0.0898 e. The largest absolute Gasteiger partial charge is 0.375 e. The first kappa shape index (κ1) is 16.0. The minimum absolute atomic E-state index is 0.0606. The van der Waals surface area contributed by atoms with Crippen LogP contribution in [0.2, 0.25) is 0 Å². The molecule has 23 heavy (non-hydrogen) atoms. The summed E-state index contributed by atoms with van der Waals surface area (Å²) in [6.07, 6.45) is 6.60. The van der Waals surface area contributed by atoms with E-state index in [-0.39, 0.29) is 5.60 Å². The van der Waals surface area contributed by atoms with Gasteiger partial charge in [-0.15, -0.1) is 11.3 Å². The summed E-state index contributed by atoms with van der Waals surface area (Å²) in [4.78, 5) is 7.14. The molecular formula is C18H28N2O2S. The summed E-state index contributed by atoms with van der Waals surface area (Å²) in [7, 11) is 0. The molecule has 0 N–H and O–H groups in total. The van der Waals surface area contributed by atoms with Crippen molar-refractivity contribution in [2.24, 2.45) is 11.8 Å². The molecule has 4 rings (SSSR count). The predicted octanol–water partition coefficient (Wildman–Crippen LogP) is 3.25. The molecule has 2 saturated carbocycles. The van der Waals surface area contributed by atoms with E-state index in [1.807, 2.05) is 6.92 Å². The second kappa shape index (κ2) is 6.79. The fraction of sp³-hybridized carbons (Fsp3) is 0.833. The quantitative estimate of drug-likeness (QED) is 0.799. The van der Waals surface area contributed by atoms with Crippen molar-refractivity contribution >= 4 is 11.3 Å². The van der Waals surface area contributed by atoms with E-state index in [2.05, 4.69) is 15.3 Å². The summed E-state index contributed by atoms with van der Waals surface area (Å²) < 4.78 is 12.4. The van der Waals surface area contributed by atoms with Crippen LogP contribution in [0.3, 0.4) is 0 Å². The van der Waals surface area contributed by atoms with E-state index in [1.54, 1.807) is 11.3 Å². The van der Waals surface area contributed by atoms with Crippen molar-refractivity contribution in [3.05, 3.63) is 16.1 Å². The highest BCUT2D eigenvalue weighted by molar-refractivity contribution is 7.09. The van der Waals surface area contributed by atoms with Crippen molar-refractivity contribution in [1.29, 1.82) is 0 Å². The Hall–Kier alpha value is -0.490. The maximum Gasteiger partial charge on any atom is 0.0898 e. The van der Waals surface area contributed by atoms with Gasteiger partial charge < -0.3 is 9.47 Å². The molecule has 5 heteroatoms. The fourth-order valence-electron chi connectivity index (χ4n) is 4.23. The van der Waals surface area contributed by atoms with Gasteiger partial charge in [0.05, 0.1) is 36.1 Å². The molecule has 2 heterocycles. The Morgan fingerprint density at radius 2 is 2.35 bits per heavy atom. The number of aromatic nitrogens is 1. The molecule has 1 spiro atoms. The van der Waals surface area contributed by atoms with Crippen molar-refractivity contribution in [1.82, 2.24) is 9.88 Å². The van der Waals surface area contributed by atoms with E-state index in [9.17, 15) is 0 Å². The molecule has 3 fully saturated rings. The lowest BCUT2D eigenvalue weighted by Crippen LogP contribution is -2.55.